The van der Waals surface area contributed by atoms with Crippen LogP contribution < -0.4 is 10.2 Å². The Labute approximate surface area is 142 Å². The Balaban J connectivity index is 1.58. The first-order valence-corrected chi connectivity index (χ1v) is 8.32. The number of nitrogens with zero attached hydrogens (tertiary/aromatic N) is 2. The highest BCUT2D eigenvalue weighted by Gasteiger charge is 2.13. The van der Waals surface area contributed by atoms with Crippen LogP contribution in [0, 0.1) is 0 Å². The van der Waals surface area contributed by atoms with E-state index >= 15 is 0 Å². The van der Waals surface area contributed by atoms with Crippen LogP contribution in [0.15, 0.2) is 42.6 Å². The molecule has 3 rings (SSSR count). The van der Waals surface area contributed by atoms with E-state index in [1.165, 1.54) is 12.8 Å². The van der Waals surface area contributed by atoms with Crippen LogP contribution in [0.3, 0.4) is 0 Å². The number of carbonyl (C=O) groups is 1. The van der Waals surface area contributed by atoms with Gasteiger partial charge in [0, 0.05) is 38.5 Å². The number of methoxy groups -OCH3 is 1. The maximum atomic E-state index is 12.3. The van der Waals surface area contributed by atoms with Gasteiger partial charge in [0.15, 0.2) is 0 Å². The molecule has 0 saturated carbocycles. The smallest absolute Gasteiger partial charge is 0.251 e. The van der Waals surface area contributed by atoms with E-state index in [4.69, 9.17) is 4.74 Å². The van der Waals surface area contributed by atoms with Crippen LogP contribution in [-0.4, -0.2) is 31.1 Å². The Kier molecular flexibility index (Phi) is 5.43. The zero-order valence-corrected chi connectivity index (χ0v) is 14.0. The molecule has 1 fully saturated rings. The van der Waals surface area contributed by atoms with Crippen LogP contribution in [0.5, 0.6) is 0 Å². The predicted molar refractivity (Wildman–Crippen MR) is 94.0 cm³/mol. The molecule has 0 atom stereocenters. The summed E-state index contributed by atoms with van der Waals surface area (Å²) < 4.78 is 5.08. The highest BCUT2D eigenvalue weighted by atomic mass is 16.5. The predicted octanol–water partition coefficient (Wildman–Crippen LogP) is 2.76. The summed E-state index contributed by atoms with van der Waals surface area (Å²) in [5.41, 5.74) is 2.78. The number of ether oxygens (including phenoxy) is 1. The molecule has 5 heteroatoms. The highest BCUT2D eigenvalue weighted by Crippen LogP contribution is 2.18. The number of hydrogen-bond acceptors (Lipinski definition) is 4. The molecule has 1 saturated heterocycles. The lowest BCUT2D eigenvalue weighted by Gasteiger charge is -2.17. The molecule has 2 aromatic rings. The van der Waals surface area contributed by atoms with Crippen molar-refractivity contribution in [3.8, 4) is 0 Å². The van der Waals surface area contributed by atoms with Crippen molar-refractivity contribution in [2.24, 2.45) is 0 Å². The van der Waals surface area contributed by atoms with Crippen LogP contribution in [0.2, 0.25) is 0 Å². The minimum absolute atomic E-state index is 0.0708. The first-order valence-electron chi connectivity index (χ1n) is 8.32. The van der Waals surface area contributed by atoms with Gasteiger partial charge in [0.25, 0.3) is 5.91 Å². The van der Waals surface area contributed by atoms with E-state index in [0.29, 0.717) is 18.7 Å². The van der Waals surface area contributed by atoms with Gasteiger partial charge in [-0.05, 0) is 48.2 Å². The van der Waals surface area contributed by atoms with E-state index in [9.17, 15) is 4.79 Å². The molecule has 126 valence electrons. The number of aromatic nitrogens is 1. The third kappa shape index (κ3) is 4.11. The summed E-state index contributed by atoms with van der Waals surface area (Å²) >= 11 is 0. The molecule has 0 aliphatic carbocycles. The molecule has 0 bridgehead atoms. The van der Waals surface area contributed by atoms with E-state index in [0.717, 1.165) is 30.0 Å². The summed E-state index contributed by atoms with van der Waals surface area (Å²) in [6, 6.07) is 11.5. The number of amides is 1. The van der Waals surface area contributed by atoms with Gasteiger partial charge in [0.2, 0.25) is 0 Å². The molecule has 1 aliphatic rings. The molecular weight excluding hydrogens is 302 g/mol. The van der Waals surface area contributed by atoms with Gasteiger partial charge in [-0.25, -0.2) is 4.98 Å². The Bertz CT molecular complexity index is 679. The Morgan fingerprint density at radius 1 is 1.17 bits per heavy atom. The Hall–Kier alpha value is -2.40. The maximum absolute atomic E-state index is 12.3. The summed E-state index contributed by atoms with van der Waals surface area (Å²) in [7, 11) is 1.66. The van der Waals surface area contributed by atoms with Gasteiger partial charge in [0.05, 0.1) is 6.61 Å². The van der Waals surface area contributed by atoms with E-state index in [-0.39, 0.29) is 5.91 Å². The monoisotopic (exact) mass is 325 g/mol. The van der Waals surface area contributed by atoms with Gasteiger partial charge >= 0.3 is 0 Å². The standard InChI is InChI=1S/C19H23N3O2/c1-24-14-15-4-6-17(7-5-15)19(23)21-13-16-8-9-20-18(12-16)22-10-2-3-11-22/h4-9,12H,2-3,10-11,13-14H2,1H3,(H,21,23). The number of nitrogens with one attached hydrogen (secondary N) is 1. The number of pyridine rings is 1. The number of hydrogen-bond donors (Lipinski definition) is 1. The molecule has 2 heterocycles. The zero-order chi connectivity index (χ0) is 16.8. The second-order valence-corrected chi connectivity index (χ2v) is 6.03. The Morgan fingerprint density at radius 3 is 2.62 bits per heavy atom. The molecule has 1 aliphatic heterocycles. The van der Waals surface area contributed by atoms with Crippen molar-refractivity contribution >= 4 is 11.7 Å². The molecule has 5 nitrogen and oxygen atoms in total. The second-order valence-electron chi connectivity index (χ2n) is 6.03. The van der Waals surface area contributed by atoms with Crippen molar-refractivity contribution in [1.29, 1.82) is 0 Å². The fourth-order valence-electron chi connectivity index (χ4n) is 2.89. The molecule has 1 aromatic carbocycles. The van der Waals surface area contributed by atoms with Gasteiger partial charge in [-0.3, -0.25) is 4.79 Å². The fourth-order valence-corrected chi connectivity index (χ4v) is 2.89. The zero-order valence-electron chi connectivity index (χ0n) is 14.0. The molecule has 0 spiro atoms. The molecule has 0 unspecified atom stereocenters. The minimum Gasteiger partial charge on any atom is -0.380 e. The van der Waals surface area contributed by atoms with Crippen LogP contribution >= 0.6 is 0 Å². The summed E-state index contributed by atoms with van der Waals surface area (Å²) in [4.78, 5) is 19.0. The third-order valence-electron chi connectivity index (χ3n) is 4.22. The minimum atomic E-state index is -0.0708. The van der Waals surface area contributed by atoms with Crippen LogP contribution in [0.25, 0.3) is 0 Å². The van der Waals surface area contributed by atoms with E-state index in [1.807, 2.05) is 36.5 Å². The van der Waals surface area contributed by atoms with E-state index in [1.54, 1.807) is 7.11 Å². The normalized spacial score (nSPS) is 14.0. The van der Waals surface area contributed by atoms with Crippen molar-refractivity contribution in [3.63, 3.8) is 0 Å². The molecule has 0 radical (unpaired) electrons. The summed E-state index contributed by atoms with van der Waals surface area (Å²) in [5, 5.41) is 2.97. The topological polar surface area (TPSA) is 54.5 Å². The second kappa shape index (κ2) is 7.93. The molecule has 1 N–H and O–H groups in total. The first-order chi connectivity index (χ1) is 11.8. The number of benzene rings is 1. The average molecular weight is 325 g/mol. The maximum Gasteiger partial charge on any atom is 0.251 e. The highest BCUT2D eigenvalue weighted by molar-refractivity contribution is 5.94. The average Bonchev–Trinajstić information content (AvgIpc) is 3.16. The first kappa shape index (κ1) is 16.5. The summed E-state index contributed by atoms with van der Waals surface area (Å²) in [5.74, 6) is 0.932. The van der Waals surface area contributed by atoms with Crippen molar-refractivity contribution in [1.82, 2.24) is 10.3 Å². The summed E-state index contributed by atoms with van der Waals surface area (Å²) in [6.45, 7) is 3.19. The number of rotatable bonds is 6. The quantitative estimate of drug-likeness (QED) is 0.887. The van der Waals surface area contributed by atoms with E-state index in [2.05, 4.69) is 21.3 Å². The van der Waals surface area contributed by atoms with Gasteiger partial charge in [0.1, 0.15) is 5.82 Å². The number of anilines is 1. The van der Waals surface area contributed by atoms with Crippen molar-refractivity contribution in [2.45, 2.75) is 26.0 Å². The van der Waals surface area contributed by atoms with Gasteiger partial charge < -0.3 is 15.0 Å². The lowest BCUT2D eigenvalue weighted by atomic mass is 10.1. The fraction of sp³-hybridized carbons (Fsp3) is 0.368. The van der Waals surface area contributed by atoms with Crippen LogP contribution in [0.1, 0.15) is 34.3 Å². The number of carbonyl (C=O) groups excluding carboxylic acids is 1. The SMILES string of the molecule is COCc1ccc(C(=O)NCc2ccnc(N3CCCC3)c2)cc1. The molecule has 1 amide bonds. The van der Waals surface area contributed by atoms with Crippen molar-refractivity contribution < 1.29 is 9.53 Å². The van der Waals surface area contributed by atoms with E-state index < -0.39 is 0 Å². The van der Waals surface area contributed by atoms with Crippen LogP contribution in [-0.2, 0) is 17.9 Å². The van der Waals surface area contributed by atoms with Crippen molar-refractivity contribution in [2.75, 3.05) is 25.1 Å². The lowest BCUT2D eigenvalue weighted by Crippen LogP contribution is -2.23. The Morgan fingerprint density at radius 2 is 1.92 bits per heavy atom. The molecule has 1 aromatic heterocycles. The van der Waals surface area contributed by atoms with Gasteiger partial charge in [-0.1, -0.05) is 12.1 Å². The largest absolute Gasteiger partial charge is 0.380 e. The van der Waals surface area contributed by atoms with Gasteiger partial charge in [-0.15, -0.1) is 0 Å². The van der Waals surface area contributed by atoms with Gasteiger partial charge in [-0.2, -0.15) is 0 Å². The van der Waals surface area contributed by atoms with Crippen LogP contribution in [0.4, 0.5) is 5.82 Å². The molecular formula is C19H23N3O2. The molecule has 24 heavy (non-hydrogen) atoms. The summed E-state index contributed by atoms with van der Waals surface area (Å²) in [6.07, 6.45) is 4.26. The lowest BCUT2D eigenvalue weighted by molar-refractivity contribution is 0.0951. The van der Waals surface area contributed by atoms with Crippen molar-refractivity contribution in [3.05, 3.63) is 59.3 Å². The third-order valence-corrected chi connectivity index (χ3v) is 4.22.